The number of rotatable bonds is 7. The first-order valence-corrected chi connectivity index (χ1v) is 11.8. The molecule has 0 saturated carbocycles. The first kappa shape index (κ1) is 25.7. The highest BCUT2D eigenvalue weighted by Crippen LogP contribution is 2.48. The van der Waals surface area contributed by atoms with Gasteiger partial charge in [-0.2, -0.15) is 0 Å². The zero-order valence-corrected chi connectivity index (χ0v) is 21.5. The number of benzene rings is 2. The van der Waals surface area contributed by atoms with Crippen LogP contribution < -0.4 is 19.1 Å². The molecule has 1 aliphatic rings. The molecule has 1 saturated heterocycles. The van der Waals surface area contributed by atoms with Gasteiger partial charge in [-0.3, -0.25) is 14.5 Å². The van der Waals surface area contributed by atoms with Crippen molar-refractivity contribution in [1.29, 1.82) is 0 Å². The number of hydrogen-bond donors (Lipinski definition) is 1. The fourth-order valence-corrected chi connectivity index (χ4v) is 5.16. The predicted molar refractivity (Wildman–Crippen MR) is 136 cm³/mol. The van der Waals surface area contributed by atoms with E-state index in [1.165, 1.54) is 28.4 Å². The number of aliphatic hydroxyl groups is 1. The number of aryl methyl sites for hydroxylation is 1. The molecule has 2 heterocycles. The molecule has 1 atom stereocenters. The van der Waals surface area contributed by atoms with Crippen molar-refractivity contribution in [1.82, 2.24) is 4.98 Å². The van der Waals surface area contributed by atoms with Crippen LogP contribution in [-0.4, -0.2) is 56.2 Å². The quantitative estimate of drug-likeness (QED) is 0.212. The predicted octanol–water partition coefficient (Wildman–Crippen LogP) is 3.89. The Hall–Kier alpha value is -4.38. The van der Waals surface area contributed by atoms with E-state index in [-0.39, 0.29) is 26.9 Å². The van der Waals surface area contributed by atoms with Gasteiger partial charge in [0.15, 0.2) is 16.6 Å². The number of thiazole rings is 1. The standard InChI is InChI=1S/C26H24N2O8S/c1-13-23(25(32)36-5)37-26(27-13)28-19(16-10-7-11-17(34-3)22(16)35-4)18(21(30)24(28)31)20(29)14-8-6-9-15(12-14)33-2/h6-12,19,29H,1-5H3/t19-/m1/s1. The molecule has 1 aromatic heterocycles. The molecule has 10 nitrogen and oxygen atoms in total. The average Bonchev–Trinajstić information content (AvgIpc) is 3.43. The number of Topliss-reactive ketones (excluding diaryl/α,β-unsaturated/α-hetero) is 1. The SMILES string of the molecule is COC(=O)c1sc(N2C(=O)C(=O)C(=C(O)c3cccc(OC)c3)[C@H]2c2cccc(OC)c2OC)nc1C. The van der Waals surface area contributed by atoms with Crippen LogP contribution in [0.3, 0.4) is 0 Å². The topological polar surface area (TPSA) is 124 Å². The van der Waals surface area contributed by atoms with Gasteiger partial charge in [-0.1, -0.05) is 35.6 Å². The van der Waals surface area contributed by atoms with Crippen molar-refractivity contribution in [3.05, 3.63) is 69.7 Å². The summed E-state index contributed by atoms with van der Waals surface area (Å²) in [6.45, 7) is 1.60. The molecule has 0 radical (unpaired) electrons. The summed E-state index contributed by atoms with van der Waals surface area (Å²) >= 11 is 0.904. The number of hydrogen-bond acceptors (Lipinski definition) is 10. The van der Waals surface area contributed by atoms with E-state index >= 15 is 0 Å². The third-order valence-corrected chi connectivity index (χ3v) is 7.01. The van der Waals surface area contributed by atoms with Crippen LogP contribution in [0.15, 0.2) is 48.0 Å². The molecule has 0 bridgehead atoms. The highest BCUT2D eigenvalue weighted by molar-refractivity contribution is 7.17. The summed E-state index contributed by atoms with van der Waals surface area (Å²) < 4.78 is 21.1. The number of nitrogens with zero attached hydrogens (tertiary/aromatic N) is 2. The van der Waals surface area contributed by atoms with E-state index in [0.29, 0.717) is 22.8 Å². The van der Waals surface area contributed by atoms with Gasteiger partial charge in [0, 0.05) is 11.1 Å². The third kappa shape index (κ3) is 4.38. The molecule has 37 heavy (non-hydrogen) atoms. The maximum absolute atomic E-state index is 13.5. The second-order valence-electron chi connectivity index (χ2n) is 7.89. The normalized spacial score (nSPS) is 16.6. The van der Waals surface area contributed by atoms with Gasteiger partial charge in [-0.25, -0.2) is 9.78 Å². The number of aliphatic hydroxyl groups excluding tert-OH is 1. The van der Waals surface area contributed by atoms with Gasteiger partial charge in [0.2, 0.25) is 0 Å². The van der Waals surface area contributed by atoms with Crippen LogP contribution in [0.1, 0.15) is 32.5 Å². The van der Waals surface area contributed by atoms with E-state index in [1.807, 2.05) is 0 Å². The lowest BCUT2D eigenvalue weighted by Crippen LogP contribution is -2.29. The molecule has 1 N–H and O–H groups in total. The number of ether oxygens (including phenoxy) is 4. The second kappa shape index (κ2) is 10.3. The van der Waals surface area contributed by atoms with Crippen molar-refractivity contribution >= 4 is 39.9 Å². The van der Waals surface area contributed by atoms with Crippen LogP contribution in [0, 0.1) is 6.92 Å². The zero-order chi connectivity index (χ0) is 26.9. The van der Waals surface area contributed by atoms with Crippen LogP contribution in [-0.2, 0) is 14.3 Å². The average molecular weight is 525 g/mol. The number of ketones is 1. The largest absolute Gasteiger partial charge is 0.507 e. The molecule has 1 fully saturated rings. The van der Waals surface area contributed by atoms with Crippen LogP contribution >= 0.6 is 11.3 Å². The minimum Gasteiger partial charge on any atom is -0.507 e. The number of aromatic nitrogens is 1. The highest BCUT2D eigenvalue weighted by Gasteiger charge is 2.49. The minimum atomic E-state index is -1.15. The Morgan fingerprint density at radius 1 is 1.03 bits per heavy atom. The van der Waals surface area contributed by atoms with Gasteiger partial charge in [0.1, 0.15) is 22.4 Å². The summed E-state index contributed by atoms with van der Waals surface area (Å²) in [4.78, 5) is 44.9. The molecule has 1 aliphatic heterocycles. The van der Waals surface area contributed by atoms with Crippen molar-refractivity contribution in [3.8, 4) is 17.2 Å². The highest BCUT2D eigenvalue weighted by atomic mass is 32.1. The Bertz CT molecular complexity index is 1430. The minimum absolute atomic E-state index is 0.0829. The zero-order valence-electron chi connectivity index (χ0n) is 20.7. The van der Waals surface area contributed by atoms with E-state index in [2.05, 4.69) is 4.98 Å². The fraction of sp³-hybridized carbons (Fsp3) is 0.231. The third-order valence-electron chi connectivity index (χ3n) is 5.88. The van der Waals surface area contributed by atoms with Crippen LogP contribution in [0.5, 0.6) is 17.2 Å². The molecule has 3 aromatic rings. The van der Waals surface area contributed by atoms with Crippen LogP contribution in [0.25, 0.3) is 5.76 Å². The Balaban J connectivity index is 2.01. The number of methoxy groups -OCH3 is 4. The summed E-state index contributed by atoms with van der Waals surface area (Å²) in [5.74, 6) is -1.81. The lowest BCUT2D eigenvalue weighted by molar-refractivity contribution is -0.132. The van der Waals surface area contributed by atoms with Gasteiger partial charge in [0.05, 0.1) is 39.7 Å². The molecular formula is C26H24N2O8S. The molecule has 2 aromatic carbocycles. The summed E-state index contributed by atoms with van der Waals surface area (Å²) in [7, 11) is 5.60. The number of anilines is 1. The summed E-state index contributed by atoms with van der Waals surface area (Å²) in [5, 5.41) is 11.4. The molecule has 4 rings (SSSR count). The van der Waals surface area contributed by atoms with Crippen molar-refractivity contribution in [2.24, 2.45) is 0 Å². The van der Waals surface area contributed by atoms with E-state index in [9.17, 15) is 19.5 Å². The van der Waals surface area contributed by atoms with E-state index in [1.54, 1.807) is 49.4 Å². The Morgan fingerprint density at radius 3 is 2.41 bits per heavy atom. The number of carbonyl (C=O) groups is 3. The van der Waals surface area contributed by atoms with Crippen LogP contribution in [0.2, 0.25) is 0 Å². The van der Waals surface area contributed by atoms with Gasteiger partial charge in [0.25, 0.3) is 5.78 Å². The molecular weight excluding hydrogens is 500 g/mol. The molecule has 1 amide bonds. The smallest absolute Gasteiger partial charge is 0.350 e. The Morgan fingerprint density at radius 2 is 1.76 bits per heavy atom. The van der Waals surface area contributed by atoms with Crippen molar-refractivity contribution in [3.63, 3.8) is 0 Å². The number of para-hydroxylation sites is 1. The van der Waals surface area contributed by atoms with Crippen molar-refractivity contribution < 1.29 is 38.4 Å². The summed E-state index contributed by atoms with van der Waals surface area (Å²) in [5.41, 5.74) is 0.794. The van der Waals surface area contributed by atoms with Gasteiger partial charge in [-0.15, -0.1) is 0 Å². The summed E-state index contributed by atoms with van der Waals surface area (Å²) in [6, 6.07) is 10.3. The lowest BCUT2D eigenvalue weighted by atomic mass is 9.94. The van der Waals surface area contributed by atoms with Crippen molar-refractivity contribution in [2.45, 2.75) is 13.0 Å². The molecule has 0 unspecified atom stereocenters. The van der Waals surface area contributed by atoms with Gasteiger partial charge >= 0.3 is 11.9 Å². The number of esters is 1. The maximum Gasteiger partial charge on any atom is 0.350 e. The molecule has 192 valence electrons. The van der Waals surface area contributed by atoms with E-state index in [0.717, 1.165) is 16.2 Å². The first-order valence-electron chi connectivity index (χ1n) is 11.0. The van der Waals surface area contributed by atoms with Gasteiger partial charge in [-0.05, 0) is 25.1 Å². The first-order chi connectivity index (χ1) is 17.8. The number of amides is 1. The monoisotopic (exact) mass is 524 g/mol. The number of carbonyl (C=O) groups excluding carboxylic acids is 3. The Labute approximate surface area is 216 Å². The Kier molecular flexibility index (Phi) is 7.16. The molecule has 0 spiro atoms. The van der Waals surface area contributed by atoms with E-state index < -0.39 is 29.5 Å². The second-order valence-corrected chi connectivity index (χ2v) is 8.86. The van der Waals surface area contributed by atoms with Crippen molar-refractivity contribution in [2.75, 3.05) is 33.3 Å². The summed E-state index contributed by atoms with van der Waals surface area (Å²) in [6.07, 6.45) is 0. The maximum atomic E-state index is 13.5. The fourth-order valence-electron chi connectivity index (χ4n) is 4.14. The van der Waals surface area contributed by atoms with Gasteiger partial charge < -0.3 is 24.1 Å². The molecule has 0 aliphatic carbocycles. The lowest BCUT2D eigenvalue weighted by Gasteiger charge is -2.25. The molecule has 11 heteroatoms. The van der Waals surface area contributed by atoms with E-state index in [4.69, 9.17) is 18.9 Å². The van der Waals surface area contributed by atoms with Crippen LogP contribution in [0.4, 0.5) is 5.13 Å².